The molecule has 6 nitrogen and oxygen atoms in total. The molecule has 0 fully saturated rings. The molecule has 0 saturated heterocycles. The zero-order chi connectivity index (χ0) is 19.5. The molecule has 3 aromatic rings. The van der Waals surface area contributed by atoms with Crippen molar-refractivity contribution in [1.29, 1.82) is 0 Å². The molecule has 2 N–H and O–H groups in total. The average Bonchev–Trinajstić information content (AvgIpc) is 3.08. The van der Waals surface area contributed by atoms with E-state index in [1.165, 1.54) is 11.3 Å². The van der Waals surface area contributed by atoms with Crippen LogP contribution in [-0.2, 0) is 16.0 Å². The summed E-state index contributed by atoms with van der Waals surface area (Å²) in [4.78, 5) is 29.1. The number of benzene rings is 2. The van der Waals surface area contributed by atoms with Gasteiger partial charge >= 0.3 is 0 Å². The molecule has 28 heavy (non-hydrogen) atoms. The van der Waals surface area contributed by atoms with E-state index in [0.717, 1.165) is 27.2 Å². The third kappa shape index (κ3) is 3.99. The number of hydrogen-bond donors (Lipinski definition) is 2. The van der Waals surface area contributed by atoms with Crippen LogP contribution in [0.3, 0.4) is 0 Å². The molecule has 0 spiro atoms. The first kappa shape index (κ1) is 18.4. The number of carbonyl (C=O) groups excluding carboxylic acids is 2. The maximum absolute atomic E-state index is 12.4. The SMILES string of the molecule is CCOc1ccc2nc(NC(=O)CCC3Cc4ccccc4NC3=O)sc2c1. The van der Waals surface area contributed by atoms with Crippen molar-refractivity contribution < 1.29 is 14.3 Å². The van der Waals surface area contributed by atoms with E-state index >= 15 is 0 Å². The lowest BCUT2D eigenvalue weighted by molar-refractivity contribution is -0.121. The van der Waals surface area contributed by atoms with Gasteiger partial charge in [0.05, 0.1) is 16.8 Å². The molecule has 1 unspecified atom stereocenters. The Bertz CT molecular complexity index is 1030. The van der Waals surface area contributed by atoms with E-state index in [0.29, 0.717) is 24.6 Å². The highest BCUT2D eigenvalue weighted by atomic mass is 32.1. The third-order valence-corrected chi connectivity index (χ3v) is 5.68. The van der Waals surface area contributed by atoms with Gasteiger partial charge in [0.15, 0.2) is 5.13 Å². The van der Waals surface area contributed by atoms with Crippen molar-refractivity contribution in [3.8, 4) is 5.75 Å². The van der Waals surface area contributed by atoms with Gasteiger partial charge in [-0.15, -0.1) is 0 Å². The largest absolute Gasteiger partial charge is 0.494 e. The number of thiazole rings is 1. The zero-order valence-electron chi connectivity index (χ0n) is 15.5. The van der Waals surface area contributed by atoms with Crippen LogP contribution < -0.4 is 15.4 Å². The van der Waals surface area contributed by atoms with E-state index in [4.69, 9.17) is 4.74 Å². The lowest BCUT2D eigenvalue weighted by atomic mass is 9.89. The first-order valence-corrected chi connectivity index (χ1v) is 10.2. The minimum atomic E-state index is -0.190. The molecule has 1 aromatic heterocycles. The van der Waals surface area contributed by atoms with Gasteiger partial charge in [0.2, 0.25) is 11.8 Å². The maximum Gasteiger partial charge on any atom is 0.227 e. The minimum Gasteiger partial charge on any atom is -0.494 e. The highest BCUT2D eigenvalue weighted by Gasteiger charge is 2.26. The van der Waals surface area contributed by atoms with Crippen LogP contribution in [-0.4, -0.2) is 23.4 Å². The number of nitrogens with one attached hydrogen (secondary N) is 2. The summed E-state index contributed by atoms with van der Waals surface area (Å²) in [5.41, 5.74) is 2.81. The number of fused-ring (bicyclic) bond motifs is 2. The Morgan fingerprint density at radius 1 is 1.32 bits per heavy atom. The van der Waals surface area contributed by atoms with Gasteiger partial charge in [0.25, 0.3) is 0 Å². The number of ether oxygens (including phenoxy) is 1. The molecule has 2 amide bonds. The molecule has 1 aliphatic rings. The predicted octanol–water partition coefficient (Wildman–Crippen LogP) is 4.22. The second-order valence-electron chi connectivity index (χ2n) is 6.72. The highest BCUT2D eigenvalue weighted by molar-refractivity contribution is 7.22. The molecule has 0 saturated carbocycles. The van der Waals surface area contributed by atoms with Crippen molar-refractivity contribution in [3.63, 3.8) is 0 Å². The van der Waals surface area contributed by atoms with E-state index in [1.807, 2.05) is 49.4 Å². The van der Waals surface area contributed by atoms with Crippen LogP contribution in [0.1, 0.15) is 25.3 Å². The summed E-state index contributed by atoms with van der Waals surface area (Å²) in [5, 5.41) is 6.34. The van der Waals surface area contributed by atoms with E-state index in [2.05, 4.69) is 15.6 Å². The normalized spacial score (nSPS) is 15.8. The number of anilines is 2. The summed E-state index contributed by atoms with van der Waals surface area (Å²) in [7, 11) is 0. The fourth-order valence-corrected chi connectivity index (χ4v) is 4.26. The van der Waals surface area contributed by atoms with Crippen molar-refractivity contribution in [2.75, 3.05) is 17.2 Å². The monoisotopic (exact) mass is 395 g/mol. The fraction of sp³-hybridized carbons (Fsp3) is 0.286. The van der Waals surface area contributed by atoms with Crippen LogP contribution in [0.4, 0.5) is 10.8 Å². The number of rotatable bonds is 6. The van der Waals surface area contributed by atoms with E-state index in [9.17, 15) is 9.59 Å². The van der Waals surface area contributed by atoms with Gasteiger partial charge in [-0.25, -0.2) is 4.98 Å². The summed E-state index contributed by atoms with van der Waals surface area (Å²) in [6, 6.07) is 13.5. The summed E-state index contributed by atoms with van der Waals surface area (Å²) < 4.78 is 6.46. The topological polar surface area (TPSA) is 80.3 Å². The second kappa shape index (κ2) is 7.98. The van der Waals surface area contributed by atoms with Gasteiger partial charge in [0.1, 0.15) is 5.75 Å². The Labute approximate surface area is 166 Å². The molecule has 0 radical (unpaired) electrons. The van der Waals surface area contributed by atoms with Gasteiger partial charge in [0, 0.05) is 18.0 Å². The van der Waals surface area contributed by atoms with Crippen molar-refractivity contribution in [2.24, 2.45) is 5.92 Å². The Hall–Kier alpha value is -2.93. The number of carbonyl (C=O) groups is 2. The summed E-state index contributed by atoms with van der Waals surface area (Å²) in [5.74, 6) is 0.454. The van der Waals surface area contributed by atoms with E-state index in [1.54, 1.807) is 0 Å². The van der Waals surface area contributed by atoms with Gasteiger partial charge in [-0.1, -0.05) is 29.5 Å². The molecule has 0 aliphatic carbocycles. The Kier molecular flexibility index (Phi) is 5.25. The van der Waals surface area contributed by atoms with Gasteiger partial charge < -0.3 is 15.4 Å². The molecular weight excluding hydrogens is 374 g/mol. The first-order chi connectivity index (χ1) is 13.6. The van der Waals surface area contributed by atoms with Crippen LogP contribution in [0.2, 0.25) is 0 Å². The molecule has 4 rings (SSSR count). The molecule has 0 bridgehead atoms. The van der Waals surface area contributed by atoms with Crippen molar-refractivity contribution in [1.82, 2.24) is 4.98 Å². The second-order valence-corrected chi connectivity index (χ2v) is 7.75. The van der Waals surface area contributed by atoms with Crippen molar-refractivity contribution in [3.05, 3.63) is 48.0 Å². The van der Waals surface area contributed by atoms with Crippen LogP contribution in [0.15, 0.2) is 42.5 Å². The van der Waals surface area contributed by atoms with Crippen molar-refractivity contribution >= 4 is 44.2 Å². The predicted molar refractivity (Wildman–Crippen MR) is 111 cm³/mol. The number of amides is 2. The van der Waals surface area contributed by atoms with Gasteiger partial charge in [-0.05, 0) is 49.6 Å². The summed E-state index contributed by atoms with van der Waals surface area (Å²) in [6.45, 7) is 2.54. The smallest absolute Gasteiger partial charge is 0.227 e. The fourth-order valence-electron chi connectivity index (χ4n) is 3.35. The Morgan fingerprint density at radius 3 is 3.04 bits per heavy atom. The average molecular weight is 395 g/mol. The van der Waals surface area contributed by atoms with Crippen molar-refractivity contribution in [2.45, 2.75) is 26.2 Å². The minimum absolute atomic E-state index is 0.0186. The lowest BCUT2D eigenvalue weighted by Gasteiger charge is -2.24. The van der Waals surface area contributed by atoms with E-state index < -0.39 is 0 Å². The quantitative estimate of drug-likeness (QED) is 0.655. The van der Waals surface area contributed by atoms with Crippen LogP contribution in [0.5, 0.6) is 5.75 Å². The lowest BCUT2D eigenvalue weighted by Crippen LogP contribution is -2.30. The molecule has 144 valence electrons. The third-order valence-electron chi connectivity index (χ3n) is 4.75. The standard InChI is InChI=1S/C21H21N3O3S/c1-2-27-15-8-9-17-18(12-15)28-21(23-17)24-19(25)10-7-14-11-13-5-3-4-6-16(13)22-20(14)26/h3-6,8-9,12,14H,2,7,10-11H2,1H3,(H,22,26)(H,23,24,25). The summed E-state index contributed by atoms with van der Waals surface area (Å²) in [6.07, 6.45) is 1.45. The first-order valence-electron chi connectivity index (χ1n) is 9.34. The molecule has 1 aliphatic heterocycles. The summed E-state index contributed by atoms with van der Waals surface area (Å²) >= 11 is 1.42. The number of nitrogens with zero attached hydrogens (tertiary/aromatic N) is 1. The van der Waals surface area contributed by atoms with Crippen LogP contribution >= 0.6 is 11.3 Å². The molecule has 7 heteroatoms. The van der Waals surface area contributed by atoms with E-state index in [-0.39, 0.29) is 24.2 Å². The number of hydrogen-bond acceptors (Lipinski definition) is 5. The van der Waals surface area contributed by atoms with Crippen LogP contribution in [0, 0.1) is 5.92 Å². The number of aromatic nitrogens is 1. The number of para-hydroxylation sites is 1. The molecule has 2 aromatic carbocycles. The molecule has 2 heterocycles. The Morgan fingerprint density at radius 2 is 2.18 bits per heavy atom. The van der Waals surface area contributed by atoms with Gasteiger partial charge in [-0.3, -0.25) is 9.59 Å². The maximum atomic E-state index is 12.4. The highest BCUT2D eigenvalue weighted by Crippen LogP contribution is 2.30. The zero-order valence-corrected chi connectivity index (χ0v) is 16.3. The van der Waals surface area contributed by atoms with Crippen LogP contribution in [0.25, 0.3) is 10.2 Å². The van der Waals surface area contributed by atoms with Gasteiger partial charge in [-0.2, -0.15) is 0 Å². The molecular formula is C21H21N3O3S. The Balaban J connectivity index is 1.36. The molecule has 1 atom stereocenters.